The van der Waals surface area contributed by atoms with Gasteiger partial charge in [0.15, 0.2) is 0 Å². The van der Waals surface area contributed by atoms with E-state index in [9.17, 15) is 9.59 Å². The van der Waals surface area contributed by atoms with E-state index in [0.717, 1.165) is 48.2 Å². The van der Waals surface area contributed by atoms with Crippen molar-refractivity contribution in [3.8, 4) is 0 Å². The van der Waals surface area contributed by atoms with E-state index in [2.05, 4.69) is 24.0 Å². The summed E-state index contributed by atoms with van der Waals surface area (Å²) in [6, 6.07) is 13.9. The van der Waals surface area contributed by atoms with Crippen LogP contribution >= 0.6 is 24.0 Å². The summed E-state index contributed by atoms with van der Waals surface area (Å²) in [5, 5.41) is 0. The van der Waals surface area contributed by atoms with Gasteiger partial charge in [-0.3, -0.25) is 9.59 Å². The second kappa shape index (κ2) is 7.85. The van der Waals surface area contributed by atoms with Crippen LogP contribution in [-0.2, 0) is 17.8 Å². The highest BCUT2D eigenvalue weighted by atomic mass is 32.2. The summed E-state index contributed by atoms with van der Waals surface area (Å²) in [7, 11) is 0. The zero-order chi connectivity index (χ0) is 20.8. The molecule has 30 heavy (non-hydrogen) atoms. The molecule has 1 amide bonds. The minimum Gasteiger partial charge on any atom is -0.356 e. The van der Waals surface area contributed by atoms with Crippen molar-refractivity contribution in [1.82, 2.24) is 9.47 Å². The van der Waals surface area contributed by atoms with Crippen molar-refractivity contribution in [1.29, 1.82) is 0 Å². The Morgan fingerprint density at radius 2 is 1.97 bits per heavy atom. The second-order valence-corrected chi connectivity index (χ2v) is 10.2. The molecule has 0 unspecified atom stereocenters. The first-order valence-corrected chi connectivity index (χ1v) is 11.9. The van der Waals surface area contributed by atoms with E-state index in [1.165, 1.54) is 17.3 Å². The predicted molar refractivity (Wildman–Crippen MR) is 125 cm³/mol. The predicted octanol–water partition coefficient (Wildman–Crippen LogP) is 3.26. The number of piperidine rings is 1. The molecule has 3 atom stereocenters. The van der Waals surface area contributed by atoms with Gasteiger partial charge in [-0.2, -0.15) is 0 Å². The average molecular weight is 440 g/mol. The number of carbonyl (C=O) groups is 1. The number of nitrogens with zero attached hydrogens (tertiary/aromatic N) is 3. The van der Waals surface area contributed by atoms with E-state index < -0.39 is 0 Å². The molecule has 3 aliphatic heterocycles. The van der Waals surface area contributed by atoms with Crippen molar-refractivity contribution in [3.05, 3.63) is 64.1 Å². The number of aromatic nitrogens is 1. The van der Waals surface area contributed by atoms with Crippen LogP contribution in [0.5, 0.6) is 0 Å². The molecule has 4 heterocycles. The zero-order valence-corrected chi connectivity index (χ0v) is 18.6. The van der Waals surface area contributed by atoms with Gasteiger partial charge in [0.2, 0.25) is 5.91 Å². The van der Waals surface area contributed by atoms with Gasteiger partial charge < -0.3 is 14.4 Å². The summed E-state index contributed by atoms with van der Waals surface area (Å²) < 4.78 is 2.73. The Morgan fingerprint density at radius 1 is 1.13 bits per heavy atom. The maximum Gasteiger partial charge on any atom is 0.250 e. The van der Waals surface area contributed by atoms with Crippen LogP contribution in [0, 0.1) is 5.92 Å². The first-order chi connectivity index (χ1) is 14.5. The Hall–Kier alpha value is -2.12. The zero-order valence-electron chi connectivity index (χ0n) is 17.0. The molecule has 1 saturated heterocycles. The van der Waals surface area contributed by atoms with Crippen LogP contribution in [0.25, 0.3) is 0 Å². The highest BCUT2D eigenvalue weighted by molar-refractivity contribution is 8.23. The topological polar surface area (TPSA) is 45.6 Å². The van der Waals surface area contributed by atoms with Crippen molar-refractivity contribution in [2.45, 2.75) is 38.3 Å². The molecule has 0 spiro atoms. The molecule has 0 radical (unpaired) electrons. The molecule has 0 N–H and O–H groups in total. The van der Waals surface area contributed by atoms with Gasteiger partial charge in [-0.05, 0) is 43.4 Å². The number of hydrogen-bond acceptors (Lipinski definition) is 4. The standard InChI is InChI=1S/C23H25N3O2S2/c1-15-9-17-5-2-3-6-20(17)26(15)22(28)14-30-23(29)24-11-16-10-18(13-24)19-7-4-8-21(27)25(19)12-16/h2-8,15-16,18H,9-14H2,1H3/t15-,16+,18+/m1/s1. The monoisotopic (exact) mass is 439 g/mol. The average Bonchev–Trinajstić information content (AvgIpc) is 3.08. The van der Waals surface area contributed by atoms with Crippen molar-refractivity contribution in [2.24, 2.45) is 5.92 Å². The van der Waals surface area contributed by atoms with Gasteiger partial charge in [0.05, 0.1) is 5.75 Å². The van der Waals surface area contributed by atoms with Crippen molar-refractivity contribution in [2.75, 3.05) is 23.7 Å². The number of benzene rings is 1. The number of likely N-dealkylation sites (tertiary alicyclic amines) is 1. The molecule has 7 heteroatoms. The molecule has 2 bridgehead atoms. The summed E-state index contributed by atoms with van der Waals surface area (Å²) in [6.45, 7) is 4.55. The lowest BCUT2D eigenvalue weighted by Crippen LogP contribution is -2.48. The minimum absolute atomic E-state index is 0.0956. The molecule has 156 valence electrons. The maximum absolute atomic E-state index is 13.0. The van der Waals surface area contributed by atoms with Gasteiger partial charge in [-0.25, -0.2) is 0 Å². The van der Waals surface area contributed by atoms with E-state index in [4.69, 9.17) is 12.2 Å². The SMILES string of the molecule is C[C@@H]1Cc2ccccc2N1C(=O)CSC(=S)N1C[C@@H]2C[C@@H](C1)c1cccc(=O)n1C2. The van der Waals surface area contributed by atoms with Gasteiger partial charge in [-0.1, -0.05) is 48.2 Å². The van der Waals surface area contributed by atoms with Gasteiger partial charge in [0.25, 0.3) is 5.56 Å². The van der Waals surface area contributed by atoms with Gasteiger partial charge in [-0.15, -0.1) is 0 Å². The van der Waals surface area contributed by atoms with Crippen molar-refractivity contribution in [3.63, 3.8) is 0 Å². The fraction of sp³-hybridized carbons (Fsp3) is 0.435. The molecular formula is C23H25N3O2S2. The van der Waals surface area contributed by atoms with E-state index in [-0.39, 0.29) is 17.5 Å². The lowest BCUT2D eigenvalue weighted by atomic mass is 9.83. The van der Waals surface area contributed by atoms with Crippen LogP contribution < -0.4 is 10.5 Å². The molecule has 1 aromatic heterocycles. The second-order valence-electron chi connectivity index (χ2n) is 8.60. The molecule has 3 aliphatic rings. The number of anilines is 1. The molecule has 2 aromatic rings. The van der Waals surface area contributed by atoms with Crippen LogP contribution in [-0.4, -0.2) is 44.6 Å². The number of thiocarbonyl (C=S) groups is 1. The third kappa shape index (κ3) is 3.48. The molecule has 0 aliphatic carbocycles. The van der Waals surface area contributed by atoms with Crippen LogP contribution in [0.4, 0.5) is 5.69 Å². The number of hydrogen-bond donors (Lipinski definition) is 0. The molecule has 0 saturated carbocycles. The normalized spacial score (nSPS) is 24.4. The highest BCUT2D eigenvalue weighted by Crippen LogP contribution is 2.36. The summed E-state index contributed by atoms with van der Waals surface area (Å²) >= 11 is 7.20. The third-order valence-corrected chi connectivity index (χ3v) is 8.04. The highest BCUT2D eigenvalue weighted by Gasteiger charge is 2.36. The number of carbonyl (C=O) groups excluding carboxylic acids is 1. The Balaban J connectivity index is 1.24. The lowest BCUT2D eigenvalue weighted by molar-refractivity contribution is -0.116. The Labute approximate surface area is 186 Å². The number of para-hydroxylation sites is 1. The van der Waals surface area contributed by atoms with Crippen LogP contribution in [0.1, 0.15) is 30.5 Å². The maximum atomic E-state index is 13.0. The summed E-state index contributed by atoms with van der Waals surface area (Å²) in [5.41, 5.74) is 3.49. The first-order valence-electron chi connectivity index (χ1n) is 10.5. The smallest absolute Gasteiger partial charge is 0.250 e. The van der Waals surface area contributed by atoms with E-state index in [0.29, 0.717) is 17.6 Å². The number of rotatable bonds is 2. The quantitative estimate of drug-likeness (QED) is 0.672. The Kier molecular flexibility index (Phi) is 5.19. The Morgan fingerprint density at radius 3 is 2.83 bits per heavy atom. The first kappa shape index (κ1) is 19.8. The fourth-order valence-corrected chi connectivity index (χ4v) is 6.32. The van der Waals surface area contributed by atoms with Crippen molar-refractivity contribution >= 4 is 39.9 Å². The minimum atomic E-state index is 0.0956. The summed E-state index contributed by atoms with van der Waals surface area (Å²) in [4.78, 5) is 29.4. The molecule has 5 rings (SSSR count). The number of amides is 1. The van der Waals surface area contributed by atoms with Crippen molar-refractivity contribution < 1.29 is 4.79 Å². The molecular weight excluding hydrogens is 414 g/mol. The number of thioether (sulfide) groups is 1. The Bertz CT molecular complexity index is 1070. The largest absolute Gasteiger partial charge is 0.356 e. The van der Waals surface area contributed by atoms with Crippen LogP contribution in [0.15, 0.2) is 47.3 Å². The van der Waals surface area contributed by atoms with Gasteiger partial charge in [0, 0.05) is 49.0 Å². The molecule has 1 aromatic carbocycles. The van der Waals surface area contributed by atoms with Crippen LogP contribution in [0.3, 0.4) is 0 Å². The molecule has 1 fully saturated rings. The van der Waals surface area contributed by atoms with E-state index in [1.54, 1.807) is 6.07 Å². The third-order valence-electron chi connectivity index (χ3n) is 6.53. The van der Waals surface area contributed by atoms with Gasteiger partial charge >= 0.3 is 0 Å². The van der Waals surface area contributed by atoms with Gasteiger partial charge in [0.1, 0.15) is 4.32 Å². The fourth-order valence-electron chi connectivity index (χ4n) is 5.28. The lowest BCUT2D eigenvalue weighted by Gasteiger charge is -2.43. The van der Waals surface area contributed by atoms with Crippen LogP contribution in [0.2, 0.25) is 0 Å². The van der Waals surface area contributed by atoms with E-state index >= 15 is 0 Å². The number of pyridine rings is 1. The van der Waals surface area contributed by atoms with E-state index in [1.807, 2.05) is 33.7 Å². The summed E-state index contributed by atoms with van der Waals surface area (Å²) in [5.74, 6) is 1.23. The molecule has 5 nitrogen and oxygen atoms in total. The summed E-state index contributed by atoms with van der Waals surface area (Å²) in [6.07, 6.45) is 2.01. The number of fused-ring (bicyclic) bond motifs is 5.